The topological polar surface area (TPSA) is 96.2 Å². The average Bonchev–Trinajstić information content (AvgIpc) is 3.00. The Balaban J connectivity index is 2.37. The number of nitrogens with zero attached hydrogens (tertiary/aromatic N) is 4. The van der Waals surface area contributed by atoms with Crippen LogP contribution in [0.5, 0.6) is 0 Å². The molecule has 122 valence electrons. The van der Waals surface area contributed by atoms with Gasteiger partial charge >= 0.3 is 11.9 Å². The molecule has 23 heavy (non-hydrogen) atoms. The molecule has 0 radical (unpaired) electrons. The quantitative estimate of drug-likeness (QED) is 0.341. The molecule has 0 saturated carbocycles. The van der Waals surface area contributed by atoms with Crippen molar-refractivity contribution in [2.24, 2.45) is 5.92 Å². The summed E-state index contributed by atoms with van der Waals surface area (Å²) in [7, 11) is 2.42. The lowest BCUT2D eigenvalue weighted by Crippen LogP contribution is -2.29. The highest BCUT2D eigenvalue weighted by molar-refractivity contribution is 6.33. The lowest BCUT2D eigenvalue weighted by Gasteiger charge is -2.19. The molecule has 0 aliphatic carbocycles. The highest BCUT2D eigenvalue weighted by Crippen LogP contribution is 2.26. The number of ether oxygens (including phenoxy) is 2. The first-order chi connectivity index (χ1) is 11.0. The minimum atomic E-state index is -1.08. The largest absolute Gasteiger partial charge is 0.468 e. The summed E-state index contributed by atoms with van der Waals surface area (Å²) in [6, 6.07) is -0.436. The molecule has 0 aliphatic heterocycles. The van der Waals surface area contributed by atoms with Crippen LogP contribution in [-0.2, 0) is 19.1 Å². The summed E-state index contributed by atoms with van der Waals surface area (Å²) < 4.78 is 11.0. The average molecular weight is 339 g/mol. The van der Waals surface area contributed by atoms with Crippen LogP contribution in [-0.4, -0.2) is 45.7 Å². The highest BCUT2D eigenvalue weighted by Gasteiger charge is 2.32. The number of halogens is 1. The lowest BCUT2D eigenvalue weighted by molar-refractivity contribution is -0.159. The number of hydrogen-bond donors (Lipinski definition) is 0. The van der Waals surface area contributed by atoms with Crippen LogP contribution in [0.1, 0.15) is 12.5 Å². The molecule has 0 aliphatic rings. The van der Waals surface area contributed by atoms with E-state index in [1.165, 1.54) is 26.9 Å². The molecule has 0 fully saturated rings. The molecule has 1 atom stereocenters. The first kappa shape index (κ1) is 16.9. The Morgan fingerprint density at radius 2 is 1.96 bits per heavy atom. The Bertz CT molecular complexity index is 729. The zero-order valence-corrected chi connectivity index (χ0v) is 13.4. The Kier molecular flexibility index (Phi) is 5.28. The Morgan fingerprint density at radius 3 is 2.52 bits per heavy atom. The van der Waals surface area contributed by atoms with Gasteiger partial charge < -0.3 is 14.0 Å². The molecular weight excluding hydrogens is 324 g/mol. The number of carbonyl (C=O) groups excluding carboxylic acids is 2. The number of rotatable bonds is 6. The number of methoxy groups -OCH3 is 2. The van der Waals surface area contributed by atoms with Crippen molar-refractivity contribution in [3.8, 4) is 0 Å². The number of hydrogen-bond acceptors (Lipinski definition) is 7. The molecule has 8 nitrogen and oxygen atoms in total. The molecule has 2 aromatic heterocycles. The van der Waals surface area contributed by atoms with Crippen molar-refractivity contribution < 1.29 is 19.1 Å². The number of allylic oxidation sites excluding steroid dienone is 1. The predicted molar refractivity (Wildman–Crippen MR) is 81.7 cm³/mol. The van der Waals surface area contributed by atoms with Crippen LogP contribution in [0, 0.1) is 5.92 Å². The maximum atomic E-state index is 11.8. The number of fused-ring (bicyclic) bond motifs is 1. The van der Waals surface area contributed by atoms with E-state index in [4.69, 9.17) is 11.6 Å². The molecule has 2 rings (SSSR count). The normalized spacial score (nSPS) is 12.2. The smallest absolute Gasteiger partial charge is 0.320 e. The molecule has 0 N–H and O–H groups in total. The predicted octanol–water partition coefficient (Wildman–Crippen LogP) is 1.56. The van der Waals surface area contributed by atoms with Gasteiger partial charge in [0.1, 0.15) is 11.8 Å². The van der Waals surface area contributed by atoms with E-state index in [0.29, 0.717) is 11.2 Å². The van der Waals surface area contributed by atoms with Crippen molar-refractivity contribution in [2.45, 2.75) is 12.5 Å². The van der Waals surface area contributed by atoms with Gasteiger partial charge in [-0.1, -0.05) is 17.7 Å². The van der Waals surface area contributed by atoms with Crippen molar-refractivity contribution >= 4 is 34.7 Å². The molecular formula is C14H15ClN4O4. The molecule has 0 saturated heterocycles. The minimum Gasteiger partial charge on any atom is -0.468 e. The van der Waals surface area contributed by atoms with E-state index >= 15 is 0 Å². The Morgan fingerprint density at radius 1 is 1.30 bits per heavy atom. The van der Waals surface area contributed by atoms with Gasteiger partial charge in [-0.3, -0.25) is 9.59 Å². The molecule has 0 aromatic carbocycles. The van der Waals surface area contributed by atoms with Crippen LogP contribution in [0.25, 0.3) is 11.2 Å². The van der Waals surface area contributed by atoms with Crippen LogP contribution < -0.4 is 0 Å². The van der Waals surface area contributed by atoms with Crippen molar-refractivity contribution in [1.29, 1.82) is 0 Å². The van der Waals surface area contributed by atoms with E-state index in [0.717, 1.165) is 0 Å². The molecule has 2 heterocycles. The van der Waals surface area contributed by atoms with Gasteiger partial charge in [0.25, 0.3) is 0 Å². The van der Waals surface area contributed by atoms with Crippen LogP contribution in [0.3, 0.4) is 0 Å². The SMILES string of the molecule is C=CC(CC(C(=O)OC)C(=O)OC)n1cnc2c(Cl)ncnc21. The van der Waals surface area contributed by atoms with Gasteiger partial charge in [-0.25, -0.2) is 15.0 Å². The summed E-state index contributed by atoms with van der Waals surface area (Å²) in [5.41, 5.74) is 0.900. The molecule has 2 aromatic rings. The summed E-state index contributed by atoms with van der Waals surface area (Å²) >= 11 is 5.97. The second kappa shape index (κ2) is 7.19. The monoisotopic (exact) mass is 338 g/mol. The van der Waals surface area contributed by atoms with Gasteiger partial charge in [0.2, 0.25) is 0 Å². The van der Waals surface area contributed by atoms with Gasteiger partial charge in [0, 0.05) is 0 Å². The zero-order chi connectivity index (χ0) is 17.0. The molecule has 9 heteroatoms. The number of carbonyl (C=O) groups is 2. The highest BCUT2D eigenvalue weighted by atomic mass is 35.5. The van der Waals surface area contributed by atoms with E-state index < -0.39 is 23.9 Å². The maximum absolute atomic E-state index is 11.8. The standard InChI is InChI=1S/C14H15ClN4O4/c1-4-8(5-9(13(20)22-2)14(21)23-3)19-7-18-10-11(15)16-6-17-12(10)19/h4,6-9H,1,5H2,2-3H3. The second-order valence-electron chi connectivity index (χ2n) is 4.63. The molecule has 1 unspecified atom stereocenters. The number of aromatic nitrogens is 4. The maximum Gasteiger partial charge on any atom is 0.320 e. The Labute approximate surface area is 137 Å². The van der Waals surface area contributed by atoms with E-state index in [-0.39, 0.29) is 11.6 Å². The zero-order valence-electron chi connectivity index (χ0n) is 12.6. The molecule has 0 amide bonds. The van der Waals surface area contributed by atoms with E-state index in [9.17, 15) is 9.59 Å². The third-order valence-electron chi connectivity index (χ3n) is 3.39. The number of imidazole rings is 1. The fourth-order valence-corrected chi connectivity index (χ4v) is 2.38. The summed E-state index contributed by atoms with van der Waals surface area (Å²) in [5, 5.41) is 0.217. The van der Waals surface area contributed by atoms with Crippen LogP contribution in [0.4, 0.5) is 0 Å². The van der Waals surface area contributed by atoms with Crippen LogP contribution in [0.2, 0.25) is 5.15 Å². The summed E-state index contributed by atoms with van der Waals surface area (Å²) in [6.45, 7) is 3.74. The summed E-state index contributed by atoms with van der Waals surface area (Å²) in [6.07, 6.45) is 4.48. The van der Waals surface area contributed by atoms with Gasteiger partial charge in [-0.05, 0) is 6.42 Å². The fraction of sp³-hybridized carbons (Fsp3) is 0.357. The van der Waals surface area contributed by atoms with Crippen molar-refractivity contribution in [1.82, 2.24) is 19.5 Å². The minimum absolute atomic E-state index is 0.0932. The third-order valence-corrected chi connectivity index (χ3v) is 3.67. The van der Waals surface area contributed by atoms with Gasteiger partial charge in [-0.2, -0.15) is 0 Å². The van der Waals surface area contributed by atoms with Gasteiger partial charge in [-0.15, -0.1) is 6.58 Å². The van der Waals surface area contributed by atoms with Crippen molar-refractivity contribution in [3.63, 3.8) is 0 Å². The van der Waals surface area contributed by atoms with Gasteiger partial charge in [0.05, 0.1) is 26.6 Å². The van der Waals surface area contributed by atoms with Crippen molar-refractivity contribution in [3.05, 3.63) is 30.5 Å². The summed E-state index contributed by atoms with van der Waals surface area (Å²) in [4.78, 5) is 35.8. The number of esters is 2. The van der Waals surface area contributed by atoms with Gasteiger partial charge in [0.15, 0.2) is 16.7 Å². The Hall–Kier alpha value is -2.48. The van der Waals surface area contributed by atoms with Crippen LogP contribution >= 0.6 is 11.6 Å². The second-order valence-corrected chi connectivity index (χ2v) is 4.98. The van der Waals surface area contributed by atoms with Crippen molar-refractivity contribution in [2.75, 3.05) is 14.2 Å². The fourth-order valence-electron chi connectivity index (χ4n) is 2.20. The first-order valence-electron chi connectivity index (χ1n) is 6.64. The van der Waals surface area contributed by atoms with E-state index in [1.54, 1.807) is 10.6 Å². The first-order valence-corrected chi connectivity index (χ1v) is 7.02. The third kappa shape index (κ3) is 3.31. The van der Waals surface area contributed by atoms with Crippen LogP contribution in [0.15, 0.2) is 25.3 Å². The van der Waals surface area contributed by atoms with E-state index in [1.807, 2.05) is 0 Å². The van der Waals surface area contributed by atoms with E-state index in [2.05, 4.69) is 31.0 Å². The molecule has 0 spiro atoms. The summed E-state index contributed by atoms with van der Waals surface area (Å²) in [5.74, 6) is -2.44. The lowest BCUT2D eigenvalue weighted by atomic mass is 9.99. The molecule has 0 bridgehead atoms.